The first-order valence-electron chi connectivity index (χ1n) is 9.27. The van der Waals surface area contributed by atoms with E-state index < -0.39 is 0 Å². The van der Waals surface area contributed by atoms with Gasteiger partial charge in [0.15, 0.2) is 0 Å². The maximum atomic E-state index is 11.9. The van der Waals surface area contributed by atoms with Crippen molar-refractivity contribution in [2.75, 3.05) is 14.2 Å². The predicted molar refractivity (Wildman–Crippen MR) is 106 cm³/mol. The number of rotatable bonds is 9. The number of pyridine rings is 1. The van der Waals surface area contributed by atoms with Crippen molar-refractivity contribution in [1.29, 1.82) is 0 Å². The third kappa shape index (κ3) is 5.23. The summed E-state index contributed by atoms with van der Waals surface area (Å²) in [5.41, 5.74) is 2.70. The van der Waals surface area contributed by atoms with E-state index in [0.29, 0.717) is 18.7 Å². The number of esters is 1. The van der Waals surface area contributed by atoms with E-state index in [1.54, 1.807) is 24.8 Å². The smallest absolute Gasteiger partial charge is 0.338 e. The Morgan fingerprint density at radius 2 is 2.00 bits per heavy atom. The van der Waals surface area contributed by atoms with Crippen LogP contribution in [0.2, 0.25) is 0 Å². The van der Waals surface area contributed by atoms with E-state index in [1.807, 2.05) is 13.1 Å². The maximum absolute atomic E-state index is 11.9. The largest absolute Gasteiger partial charge is 0.465 e. The standard InChI is InChI=1S/C21H25N5O2/c1-25(14-18-13-22-11-10-19(18)21(27)28-2)15-20-24-23-16-26(20)12-6-9-17-7-4-3-5-8-17/h3-5,7-8,10-11,13,16H,6,9,12,14-15H2,1-2H3. The van der Waals surface area contributed by atoms with Gasteiger partial charge in [0, 0.05) is 25.5 Å². The molecule has 0 spiro atoms. The lowest BCUT2D eigenvalue weighted by molar-refractivity contribution is 0.0598. The molecule has 0 unspecified atom stereocenters. The van der Waals surface area contributed by atoms with Gasteiger partial charge >= 0.3 is 5.97 Å². The van der Waals surface area contributed by atoms with Gasteiger partial charge in [-0.15, -0.1) is 10.2 Å². The summed E-state index contributed by atoms with van der Waals surface area (Å²) >= 11 is 0. The molecule has 2 aromatic heterocycles. The summed E-state index contributed by atoms with van der Waals surface area (Å²) in [5.74, 6) is 0.550. The van der Waals surface area contributed by atoms with E-state index in [9.17, 15) is 4.79 Å². The minimum Gasteiger partial charge on any atom is -0.465 e. The Hall–Kier alpha value is -3.06. The number of carbonyl (C=O) groups is 1. The molecule has 7 nitrogen and oxygen atoms in total. The van der Waals surface area contributed by atoms with Crippen molar-refractivity contribution in [2.24, 2.45) is 0 Å². The number of aryl methyl sites for hydroxylation is 2. The zero-order chi connectivity index (χ0) is 19.8. The van der Waals surface area contributed by atoms with E-state index >= 15 is 0 Å². The van der Waals surface area contributed by atoms with Gasteiger partial charge in [0.1, 0.15) is 12.2 Å². The summed E-state index contributed by atoms with van der Waals surface area (Å²) in [4.78, 5) is 18.1. The average Bonchev–Trinajstić information content (AvgIpc) is 3.15. The van der Waals surface area contributed by atoms with Gasteiger partial charge in [-0.3, -0.25) is 9.88 Å². The Balaban J connectivity index is 1.57. The van der Waals surface area contributed by atoms with Crippen LogP contribution in [0.5, 0.6) is 0 Å². The first-order chi connectivity index (χ1) is 13.7. The summed E-state index contributed by atoms with van der Waals surface area (Å²) in [6, 6.07) is 12.1. The fourth-order valence-corrected chi connectivity index (χ4v) is 3.14. The molecule has 0 aliphatic carbocycles. The van der Waals surface area contributed by atoms with Crippen molar-refractivity contribution in [3.8, 4) is 0 Å². The summed E-state index contributed by atoms with van der Waals surface area (Å²) in [5, 5.41) is 8.33. The van der Waals surface area contributed by atoms with Crippen molar-refractivity contribution in [3.05, 3.63) is 77.6 Å². The molecule has 0 aliphatic rings. The Morgan fingerprint density at radius 3 is 2.79 bits per heavy atom. The van der Waals surface area contributed by atoms with E-state index in [4.69, 9.17) is 4.74 Å². The monoisotopic (exact) mass is 379 g/mol. The summed E-state index contributed by atoms with van der Waals surface area (Å²) < 4.78 is 6.94. The molecule has 146 valence electrons. The van der Waals surface area contributed by atoms with Crippen LogP contribution in [0, 0.1) is 0 Å². The Kier molecular flexibility index (Phi) is 6.86. The van der Waals surface area contributed by atoms with E-state index in [2.05, 4.69) is 48.9 Å². The topological polar surface area (TPSA) is 73.1 Å². The molecule has 3 aromatic rings. The van der Waals surface area contributed by atoms with Crippen LogP contribution < -0.4 is 0 Å². The molecule has 28 heavy (non-hydrogen) atoms. The molecule has 0 radical (unpaired) electrons. The first kappa shape index (κ1) is 19.7. The molecule has 7 heteroatoms. The normalized spacial score (nSPS) is 11.0. The number of aromatic nitrogens is 4. The van der Waals surface area contributed by atoms with Crippen LogP contribution in [0.25, 0.3) is 0 Å². The second-order valence-corrected chi connectivity index (χ2v) is 6.73. The van der Waals surface area contributed by atoms with E-state index in [0.717, 1.165) is 30.8 Å². The highest BCUT2D eigenvalue weighted by Crippen LogP contribution is 2.13. The Bertz CT molecular complexity index is 895. The van der Waals surface area contributed by atoms with Crippen molar-refractivity contribution >= 4 is 5.97 Å². The van der Waals surface area contributed by atoms with E-state index in [1.165, 1.54) is 12.7 Å². The lowest BCUT2D eigenvalue weighted by Crippen LogP contribution is -2.22. The lowest BCUT2D eigenvalue weighted by atomic mass is 10.1. The maximum Gasteiger partial charge on any atom is 0.338 e. The van der Waals surface area contributed by atoms with Crippen LogP contribution in [0.15, 0.2) is 55.1 Å². The van der Waals surface area contributed by atoms with Crippen molar-refractivity contribution in [3.63, 3.8) is 0 Å². The van der Waals surface area contributed by atoms with Crippen LogP contribution in [0.1, 0.15) is 33.7 Å². The summed E-state index contributed by atoms with van der Waals surface area (Å²) in [6.45, 7) is 2.06. The van der Waals surface area contributed by atoms with Crippen LogP contribution in [0.3, 0.4) is 0 Å². The van der Waals surface area contributed by atoms with Crippen LogP contribution >= 0.6 is 0 Å². The molecular formula is C21H25N5O2. The molecule has 2 heterocycles. The van der Waals surface area contributed by atoms with Gasteiger partial charge in [-0.1, -0.05) is 30.3 Å². The molecule has 0 fully saturated rings. The van der Waals surface area contributed by atoms with Gasteiger partial charge in [0.05, 0.1) is 19.2 Å². The molecule has 3 rings (SSSR count). The molecule has 0 saturated carbocycles. The minimum atomic E-state index is -0.352. The molecule has 0 amide bonds. The highest BCUT2D eigenvalue weighted by atomic mass is 16.5. The SMILES string of the molecule is COC(=O)c1ccncc1CN(C)Cc1nncn1CCCc1ccccc1. The minimum absolute atomic E-state index is 0.352. The lowest BCUT2D eigenvalue weighted by Gasteiger charge is -2.18. The van der Waals surface area contributed by atoms with Gasteiger partial charge in [0.2, 0.25) is 0 Å². The third-order valence-electron chi connectivity index (χ3n) is 4.56. The summed E-state index contributed by atoms with van der Waals surface area (Å²) in [6.07, 6.45) is 7.12. The third-order valence-corrected chi connectivity index (χ3v) is 4.56. The number of hydrogen-bond donors (Lipinski definition) is 0. The fraction of sp³-hybridized carbons (Fsp3) is 0.333. The summed E-state index contributed by atoms with van der Waals surface area (Å²) in [7, 11) is 3.37. The van der Waals surface area contributed by atoms with Crippen LogP contribution in [0.4, 0.5) is 0 Å². The number of carbonyl (C=O) groups excluding carboxylic acids is 1. The number of hydrogen-bond acceptors (Lipinski definition) is 6. The van der Waals surface area contributed by atoms with E-state index in [-0.39, 0.29) is 5.97 Å². The van der Waals surface area contributed by atoms with Crippen molar-refractivity contribution < 1.29 is 9.53 Å². The van der Waals surface area contributed by atoms with Crippen molar-refractivity contribution in [1.82, 2.24) is 24.6 Å². The predicted octanol–water partition coefficient (Wildman–Crippen LogP) is 2.72. The molecule has 0 bridgehead atoms. The molecule has 0 atom stereocenters. The Morgan fingerprint density at radius 1 is 1.18 bits per heavy atom. The fourth-order valence-electron chi connectivity index (χ4n) is 3.14. The quantitative estimate of drug-likeness (QED) is 0.532. The molecule has 0 N–H and O–H groups in total. The van der Waals surface area contributed by atoms with Gasteiger partial charge < -0.3 is 9.30 Å². The average molecular weight is 379 g/mol. The van der Waals surface area contributed by atoms with Gasteiger partial charge in [0.25, 0.3) is 0 Å². The highest BCUT2D eigenvalue weighted by Gasteiger charge is 2.14. The molecule has 1 aromatic carbocycles. The van der Waals surface area contributed by atoms with Crippen molar-refractivity contribution in [2.45, 2.75) is 32.5 Å². The number of methoxy groups -OCH3 is 1. The number of ether oxygens (including phenoxy) is 1. The van der Waals surface area contributed by atoms with Crippen LogP contribution in [-0.4, -0.2) is 44.8 Å². The first-order valence-corrected chi connectivity index (χ1v) is 9.27. The van der Waals surface area contributed by atoms with Gasteiger partial charge in [-0.2, -0.15) is 0 Å². The number of nitrogens with zero attached hydrogens (tertiary/aromatic N) is 5. The second-order valence-electron chi connectivity index (χ2n) is 6.73. The highest BCUT2D eigenvalue weighted by molar-refractivity contribution is 5.90. The number of benzene rings is 1. The Labute approximate surface area is 165 Å². The second kappa shape index (κ2) is 9.75. The van der Waals surface area contributed by atoms with Gasteiger partial charge in [-0.25, -0.2) is 4.79 Å². The zero-order valence-electron chi connectivity index (χ0n) is 16.3. The zero-order valence-corrected chi connectivity index (χ0v) is 16.3. The molecule has 0 saturated heterocycles. The van der Waals surface area contributed by atoms with Gasteiger partial charge in [-0.05, 0) is 37.1 Å². The van der Waals surface area contributed by atoms with Crippen LogP contribution in [-0.2, 0) is 30.8 Å². The molecule has 0 aliphatic heterocycles. The molecular weight excluding hydrogens is 354 g/mol.